The van der Waals surface area contributed by atoms with Crippen molar-refractivity contribution in [2.45, 2.75) is 47.2 Å². The lowest BCUT2D eigenvalue weighted by Gasteiger charge is -2.26. The molecule has 1 aromatic carbocycles. The number of carbonyl (C=O) groups excluding carboxylic acids is 1. The number of para-hydroxylation sites is 1. The normalized spacial score (nSPS) is 11.5. The number of aryl methyl sites for hydroxylation is 1. The number of amides is 1. The summed E-state index contributed by atoms with van der Waals surface area (Å²) in [4.78, 5) is 58.8. The van der Waals surface area contributed by atoms with Gasteiger partial charge in [-0.25, -0.2) is 9.78 Å². The monoisotopic (exact) mass is 454 g/mol. The fraction of sp³-hybridized carbons (Fsp3) is 0.435. The number of nitrogen functional groups attached to an aromatic ring is 1. The zero-order valence-corrected chi connectivity index (χ0v) is 19.4. The number of nitrogens with two attached hydrogens (primary N) is 1. The van der Waals surface area contributed by atoms with Gasteiger partial charge < -0.3 is 10.6 Å². The Bertz CT molecular complexity index is 1340. The van der Waals surface area contributed by atoms with E-state index in [1.807, 2.05) is 27.7 Å². The second-order valence-corrected chi connectivity index (χ2v) is 8.91. The van der Waals surface area contributed by atoms with Crippen LogP contribution in [0.15, 0.2) is 45.0 Å². The van der Waals surface area contributed by atoms with Crippen molar-refractivity contribution < 1.29 is 4.79 Å². The lowest BCUT2D eigenvalue weighted by molar-refractivity contribution is -0.119. The smallest absolute Gasteiger partial charge is 0.330 e. The molecule has 176 valence electrons. The minimum absolute atomic E-state index is 0.0308. The van der Waals surface area contributed by atoms with Crippen molar-refractivity contribution >= 4 is 28.3 Å². The number of carbonyl (C=O) groups is 1. The number of anilines is 2. The van der Waals surface area contributed by atoms with Crippen LogP contribution in [0.25, 0.3) is 10.9 Å². The summed E-state index contributed by atoms with van der Waals surface area (Å²) in [5.74, 6) is -0.291. The minimum atomic E-state index is -0.712. The largest absolute Gasteiger partial charge is 0.383 e. The van der Waals surface area contributed by atoms with Crippen molar-refractivity contribution in [1.29, 1.82) is 0 Å². The molecular formula is C23H30N6O4. The van der Waals surface area contributed by atoms with Gasteiger partial charge in [0.05, 0.1) is 17.2 Å². The van der Waals surface area contributed by atoms with Crippen LogP contribution in [0.2, 0.25) is 0 Å². The molecular weight excluding hydrogens is 424 g/mol. The molecule has 0 bridgehead atoms. The van der Waals surface area contributed by atoms with Crippen molar-refractivity contribution in [1.82, 2.24) is 19.1 Å². The van der Waals surface area contributed by atoms with Gasteiger partial charge in [-0.05, 0) is 24.0 Å². The Morgan fingerprint density at radius 1 is 1.12 bits per heavy atom. The van der Waals surface area contributed by atoms with Gasteiger partial charge in [0.25, 0.3) is 11.1 Å². The van der Waals surface area contributed by atoms with Crippen LogP contribution in [0.3, 0.4) is 0 Å². The molecule has 0 aliphatic carbocycles. The third-order valence-electron chi connectivity index (χ3n) is 5.18. The van der Waals surface area contributed by atoms with Crippen LogP contribution < -0.4 is 27.4 Å². The van der Waals surface area contributed by atoms with Crippen LogP contribution in [0.4, 0.5) is 11.5 Å². The molecule has 0 radical (unpaired) electrons. The van der Waals surface area contributed by atoms with Gasteiger partial charge in [-0.2, -0.15) is 0 Å². The third-order valence-corrected chi connectivity index (χ3v) is 5.18. The van der Waals surface area contributed by atoms with Crippen molar-refractivity contribution in [2.75, 3.05) is 17.2 Å². The van der Waals surface area contributed by atoms with Crippen molar-refractivity contribution in [2.24, 2.45) is 11.8 Å². The molecule has 0 fully saturated rings. The first-order chi connectivity index (χ1) is 15.6. The van der Waals surface area contributed by atoms with E-state index in [2.05, 4.69) is 9.97 Å². The average molecular weight is 455 g/mol. The van der Waals surface area contributed by atoms with Gasteiger partial charge in [0.15, 0.2) is 5.69 Å². The molecule has 33 heavy (non-hydrogen) atoms. The molecule has 0 aliphatic heterocycles. The Morgan fingerprint density at radius 3 is 2.48 bits per heavy atom. The van der Waals surface area contributed by atoms with Gasteiger partial charge in [-0.3, -0.25) is 28.5 Å². The molecule has 3 N–H and O–H groups in total. The molecule has 1 amide bonds. The molecule has 2 aromatic heterocycles. The van der Waals surface area contributed by atoms with E-state index in [4.69, 9.17) is 5.73 Å². The predicted molar refractivity (Wildman–Crippen MR) is 128 cm³/mol. The van der Waals surface area contributed by atoms with Gasteiger partial charge in [-0.1, -0.05) is 39.8 Å². The molecule has 0 saturated heterocycles. The van der Waals surface area contributed by atoms with Crippen molar-refractivity contribution in [3.63, 3.8) is 0 Å². The zero-order valence-electron chi connectivity index (χ0n) is 19.4. The lowest BCUT2D eigenvalue weighted by atomic mass is 10.1. The van der Waals surface area contributed by atoms with Gasteiger partial charge in [-0.15, -0.1) is 0 Å². The maximum absolute atomic E-state index is 13.2. The first kappa shape index (κ1) is 24.0. The summed E-state index contributed by atoms with van der Waals surface area (Å²) >= 11 is 0. The molecule has 10 heteroatoms. The van der Waals surface area contributed by atoms with Crippen LogP contribution in [-0.4, -0.2) is 31.6 Å². The third kappa shape index (κ3) is 5.21. The van der Waals surface area contributed by atoms with Crippen LogP contribution in [-0.2, 0) is 17.9 Å². The van der Waals surface area contributed by atoms with Gasteiger partial charge in [0.1, 0.15) is 5.82 Å². The van der Waals surface area contributed by atoms with Crippen LogP contribution in [0, 0.1) is 11.8 Å². The van der Waals surface area contributed by atoms with E-state index in [1.165, 1.54) is 20.4 Å². The fourth-order valence-corrected chi connectivity index (χ4v) is 3.68. The van der Waals surface area contributed by atoms with Crippen molar-refractivity contribution in [3.8, 4) is 0 Å². The second kappa shape index (κ2) is 9.85. The first-order valence-electron chi connectivity index (χ1n) is 11.0. The SMILES string of the molecule is CC(C)CN(C(=O)CCn1cnc2ccccc2c1=O)c1c(N)n(CC(C)C)c(=O)[nH]c1=O. The summed E-state index contributed by atoms with van der Waals surface area (Å²) in [6, 6.07) is 6.99. The molecule has 3 aromatic rings. The minimum Gasteiger partial charge on any atom is -0.383 e. The predicted octanol–water partition coefficient (Wildman–Crippen LogP) is 1.56. The summed E-state index contributed by atoms with van der Waals surface area (Å²) in [6.45, 7) is 8.28. The summed E-state index contributed by atoms with van der Waals surface area (Å²) < 4.78 is 2.65. The summed E-state index contributed by atoms with van der Waals surface area (Å²) in [5.41, 5.74) is 5.20. The van der Waals surface area contributed by atoms with Gasteiger partial charge >= 0.3 is 5.69 Å². The number of fused-ring (bicyclic) bond motifs is 1. The number of aromatic amines is 1. The Hall–Kier alpha value is -3.69. The van der Waals surface area contributed by atoms with Gasteiger partial charge in [0.2, 0.25) is 5.91 Å². The Labute approximate surface area is 190 Å². The van der Waals surface area contributed by atoms with Crippen LogP contribution >= 0.6 is 0 Å². The quantitative estimate of drug-likeness (QED) is 0.530. The van der Waals surface area contributed by atoms with E-state index in [1.54, 1.807) is 24.3 Å². The summed E-state index contributed by atoms with van der Waals surface area (Å²) in [6.07, 6.45) is 1.36. The Balaban J connectivity index is 1.95. The Kier molecular flexibility index (Phi) is 7.15. The highest BCUT2D eigenvalue weighted by Gasteiger charge is 2.25. The highest BCUT2D eigenvalue weighted by Crippen LogP contribution is 2.20. The molecule has 0 spiro atoms. The number of rotatable bonds is 8. The van der Waals surface area contributed by atoms with E-state index in [-0.39, 0.29) is 54.3 Å². The van der Waals surface area contributed by atoms with E-state index >= 15 is 0 Å². The highest BCUT2D eigenvalue weighted by molar-refractivity contribution is 5.95. The van der Waals surface area contributed by atoms with Crippen molar-refractivity contribution in [3.05, 3.63) is 61.8 Å². The second-order valence-electron chi connectivity index (χ2n) is 8.91. The molecule has 0 unspecified atom stereocenters. The number of H-pyrrole nitrogens is 1. The standard InChI is InChI=1S/C23H30N6O4/c1-14(2)11-28(19-20(24)29(12-15(3)4)23(33)26-21(19)31)18(30)9-10-27-13-25-17-8-6-5-7-16(17)22(27)32/h5-8,13-15H,9-12,24H2,1-4H3,(H,26,31,33). The number of nitrogens with one attached hydrogen (secondary N) is 1. The lowest BCUT2D eigenvalue weighted by Crippen LogP contribution is -2.43. The number of hydrogen-bond acceptors (Lipinski definition) is 6. The molecule has 0 aliphatic rings. The maximum atomic E-state index is 13.2. The van der Waals surface area contributed by atoms with E-state index in [0.717, 1.165) is 0 Å². The number of aromatic nitrogens is 4. The van der Waals surface area contributed by atoms with Crippen LogP contribution in [0.1, 0.15) is 34.1 Å². The number of nitrogens with zero attached hydrogens (tertiary/aromatic N) is 4. The van der Waals surface area contributed by atoms with E-state index in [0.29, 0.717) is 17.4 Å². The average Bonchev–Trinajstić information content (AvgIpc) is 2.75. The molecule has 0 atom stereocenters. The van der Waals surface area contributed by atoms with Gasteiger partial charge in [0, 0.05) is 26.1 Å². The van der Waals surface area contributed by atoms with E-state index in [9.17, 15) is 19.2 Å². The molecule has 10 nitrogen and oxygen atoms in total. The number of benzene rings is 1. The fourth-order valence-electron chi connectivity index (χ4n) is 3.68. The number of hydrogen-bond donors (Lipinski definition) is 2. The highest BCUT2D eigenvalue weighted by atomic mass is 16.2. The molecule has 2 heterocycles. The zero-order chi connectivity index (χ0) is 24.3. The van der Waals surface area contributed by atoms with Crippen LogP contribution in [0.5, 0.6) is 0 Å². The topological polar surface area (TPSA) is 136 Å². The van der Waals surface area contributed by atoms with E-state index < -0.39 is 11.2 Å². The Morgan fingerprint density at radius 2 is 1.82 bits per heavy atom. The summed E-state index contributed by atoms with van der Waals surface area (Å²) in [7, 11) is 0. The first-order valence-corrected chi connectivity index (χ1v) is 11.0. The molecule has 3 rings (SSSR count). The summed E-state index contributed by atoms with van der Waals surface area (Å²) in [5, 5.41) is 0.466. The molecule has 0 saturated carbocycles. The maximum Gasteiger partial charge on any atom is 0.330 e.